The zero-order valence-corrected chi connectivity index (χ0v) is 10.6. The highest BCUT2D eigenvalue weighted by Crippen LogP contribution is 2.19. The molecule has 1 amide bonds. The topological polar surface area (TPSA) is 69.6 Å². The van der Waals surface area contributed by atoms with E-state index < -0.39 is 0 Å². The summed E-state index contributed by atoms with van der Waals surface area (Å²) in [6, 6.07) is 11.5. The lowest BCUT2D eigenvalue weighted by atomic mass is 10.1. The third kappa shape index (κ3) is 3.04. The molecule has 0 aliphatic carbocycles. The molecule has 2 rings (SSSR count). The van der Waals surface area contributed by atoms with E-state index in [1.807, 2.05) is 6.07 Å². The molecule has 0 aliphatic heterocycles. The minimum Gasteiger partial charge on any atom is -0.508 e. The number of carbonyl (C=O) groups is 1. The average molecular weight is 257 g/mol. The van der Waals surface area contributed by atoms with Gasteiger partial charge in [0.1, 0.15) is 11.5 Å². The third-order valence-electron chi connectivity index (χ3n) is 2.91. The molecular weight excluding hydrogens is 242 g/mol. The second-order valence-corrected chi connectivity index (χ2v) is 4.30. The number of aromatic hydroxyl groups is 2. The van der Waals surface area contributed by atoms with Crippen LogP contribution in [-0.2, 0) is 6.54 Å². The maximum Gasteiger partial charge on any atom is 0.251 e. The molecule has 4 heteroatoms. The summed E-state index contributed by atoms with van der Waals surface area (Å²) in [5.74, 6) is 0.0158. The van der Waals surface area contributed by atoms with Gasteiger partial charge in [-0.2, -0.15) is 0 Å². The average Bonchev–Trinajstić information content (AvgIpc) is 2.39. The Morgan fingerprint density at radius 2 is 1.89 bits per heavy atom. The van der Waals surface area contributed by atoms with E-state index in [4.69, 9.17) is 0 Å². The highest BCUT2D eigenvalue weighted by molar-refractivity contribution is 5.96. The monoisotopic (exact) mass is 257 g/mol. The minimum absolute atomic E-state index is 0.102. The van der Waals surface area contributed by atoms with Gasteiger partial charge < -0.3 is 15.5 Å². The highest BCUT2D eigenvalue weighted by atomic mass is 16.3. The van der Waals surface area contributed by atoms with Gasteiger partial charge >= 0.3 is 0 Å². The summed E-state index contributed by atoms with van der Waals surface area (Å²) in [6.07, 6.45) is 0. The molecule has 19 heavy (non-hydrogen) atoms. The Bertz CT molecular complexity index is 608. The summed E-state index contributed by atoms with van der Waals surface area (Å²) in [5.41, 5.74) is 1.81. The Balaban J connectivity index is 2.08. The quantitative estimate of drug-likeness (QED) is 0.790. The predicted octanol–water partition coefficient (Wildman–Crippen LogP) is 2.34. The molecule has 4 nitrogen and oxygen atoms in total. The number of rotatable bonds is 3. The van der Waals surface area contributed by atoms with Gasteiger partial charge in [-0.3, -0.25) is 4.79 Å². The maximum atomic E-state index is 12.0. The van der Waals surface area contributed by atoms with Crippen molar-refractivity contribution >= 4 is 5.91 Å². The first-order chi connectivity index (χ1) is 9.08. The van der Waals surface area contributed by atoms with E-state index in [0.717, 1.165) is 5.56 Å². The van der Waals surface area contributed by atoms with E-state index in [1.165, 1.54) is 0 Å². The maximum absolute atomic E-state index is 12.0. The second kappa shape index (κ2) is 5.44. The molecule has 0 bridgehead atoms. The molecule has 0 unspecified atom stereocenters. The number of hydrogen-bond donors (Lipinski definition) is 3. The molecule has 0 heterocycles. The summed E-state index contributed by atoms with van der Waals surface area (Å²) in [6.45, 7) is 2.01. The Hall–Kier alpha value is -2.49. The number of hydrogen-bond acceptors (Lipinski definition) is 3. The summed E-state index contributed by atoms with van der Waals surface area (Å²) in [7, 11) is 0. The number of nitrogens with one attached hydrogen (secondary N) is 1. The lowest BCUT2D eigenvalue weighted by molar-refractivity contribution is 0.0950. The summed E-state index contributed by atoms with van der Waals surface area (Å²) in [4.78, 5) is 12.0. The first-order valence-corrected chi connectivity index (χ1v) is 5.92. The van der Waals surface area contributed by atoms with Crippen LogP contribution in [0.4, 0.5) is 0 Å². The minimum atomic E-state index is -0.253. The van der Waals surface area contributed by atoms with Crippen LogP contribution in [0.5, 0.6) is 11.5 Å². The second-order valence-electron chi connectivity index (χ2n) is 4.30. The van der Waals surface area contributed by atoms with Crippen molar-refractivity contribution in [3.8, 4) is 11.5 Å². The van der Waals surface area contributed by atoms with Crippen molar-refractivity contribution in [2.75, 3.05) is 0 Å². The predicted molar refractivity (Wildman–Crippen MR) is 72.1 cm³/mol. The zero-order valence-electron chi connectivity index (χ0n) is 10.6. The number of benzene rings is 2. The fourth-order valence-electron chi connectivity index (χ4n) is 1.81. The first-order valence-electron chi connectivity index (χ1n) is 5.92. The smallest absolute Gasteiger partial charge is 0.251 e. The SMILES string of the molecule is Cc1c(O)cccc1C(=O)NCc1cccc(O)c1. The Kier molecular flexibility index (Phi) is 3.71. The van der Waals surface area contributed by atoms with Gasteiger partial charge in [0.2, 0.25) is 0 Å². The molecular formula is C15H15NO3. The Labute approximate surface area is 111 Å². The molecule has 0 saturated carbocycles. The normalized spacial score (nSPS) is 10.2. The fraction of sp³-hybridized carbons (Fsp3) is 0.133. The standard InChI is InChI=1S/C15H15NO3/c1-10-13(6-3-7-14(10)18)15(19)16-9-11-4-2-5-12(17)8-11/h2-8,17-18H,9H2,1H3,(H,16,19). The van der Waals surface area contributed by atoms with E-state index in [1.54, 1.807) is 43.3 Å². The van der Waals surface area contributed by atoms with E-state index >= 15 is 0 Å². The molecule has 0 aliphatic rings. The largest absolute Gasteiger partial charge is 0.508 e. The number of phenolic OH excluding ortho intramolecular Hbond substituents is 2. The van der Waals surface area contributed by atoms with E-state index in [9.17, 15) is 15.0 Å². The highest BCUT2D eigenvalue weighted by Gasteiger charge is 2.10. The summed E-state index contributed by atoms with van der Waals surface area (Å²) < 4.78 is 0. The van der Waals surface area contributed by atoms with E-state index in [2.05, 4.69) is 5.32 Å². The Morgan fingerprint density at radius 3 is 2.63 bits per heavy atom. The van der Waals surface area contributed by atoms with Gasteiger partial charge in [0.25, 0.3) is 5.91 Å². The van der Waals surface area contributed by atoms with E-state index in [0.29, 0.717) is 17.7 Å². The van der Waals surface area contributed by atoms with Crippen LogP contribution in [0.3, 0.4) is 0 Å². The van der Waals surface area contributed by atoms with Gasteiger partial charge in [-0.15, -0.1) is 0 Å². The number of amides is 1. The molecule has 2 aromatic carbocycles. The van der Waals surface area contributed by atoms with Gasteiger partial charge in [0.05, 0.1) is 0 Å². The van der Waals surface area contributed by atoms with Crippen LogP contribution < -0.4 is 5.32 Å². The van der Waals surface area contributed by atoms with Crippen LogP contribution in [0.1, 0.15) is 21.5 Å². The van der Waals surface area contributed by atoms with Crippen molar-refractivity contribution in [2.24, 2.45) is 0 Å². The van der Waals surface area contributed by atoms with Crippen molar-refractivity contribution in [3.63, 3.8) is 0 Å². The van der Waals surface area contributed by atoms with Gasteiger partial charge in [-0.05, 0) is 36.8 Å². The van der Waals surface area contributed by atoms with Gasteiger partial charge in [0.15, 0.2) is 0 Å². The van der Waals surface area contributed by atoms with Crippen molar-refractivity contribution in [1.82, 2.24) is 5.32 Å². The van der Waals surface area contributed by atoms with Crippen LogP contribution >= 0.6 is 0 Å². The molecule has 0 atom stereocenters. The number of phenols is 2. The van der Waals surface area contributed by atoms with Crippen molar-refractivity contribution < 1.29 is 15.0 Å². The molecule has 0 spiro atoms. The molecule has 0 aromatic heterocycles. The number of carbonyl (C=O) groups excluding carboxylic acids is 1. The molecule has 98 valence electrons. The first kappa shape index (κ1) is 13.0. The third-order valence-corrected chi connectivity index (χ3v) is 2.91. The van der Waals surface area contributed by atoms with Gasteiger partial charge in [0, 0.05) is 17.7 Å². The van der Waals surface area contributed by atoms with Gasteiger partial charge in [-0.25, -0.2) is 0 Å². The van der Waals surface area contributed by atoms with E-state index in [-0.39, 0.29) is 17.4 Å². The van der Waals surface area contributed by atoms with Crippen molar-refractivity contribution in [2.45, 2.75) is 13.5 Å². The Morgan fingerprint density at radius 1 is 1.16 bits per heavy atom. The molecule has 0 saturated heterocycles. The van der Waals surface area contributed by atoms with Crippen molar-refractivity contribution in [1.29, 1.82) is 0 Å². The molecule has 0 fully saturated rings. The molecule has 2 aromatic rings. The lowest BCUT2D eigenvalue weighted by Gasteiger charge is -2.09. The van der Waals surface area contributed by atoms with Crippen LogP contribution in [0.25, 0.3) is 0 Å². The lowest BCUT2D eigenvalue weighted by Crippen LogP contribution is -2.23. The molecule has 3 N–H and O–H groups in total. The summed E-state index contributed by atoms with van der Waals surface area (Å²) in [5, 5.41) is 21.6. The molecule has 0 radical (unpaired) electrons. The summed E-state index contributed by atoms with van der Waals surface area (Å²) >= 11 is 0. The van der Waals surface area contributed by atoms with Crippen molar-refractivity contribution in [3.05, 3.63) is 59.2 Å². The van der Waals surface area contributed by atoms with Crippen LogP contribution in [0, 0.1) is 6.92 Å². The van der Waals surface area contributed by atoms with Gasteiger partial charge in [-0.1, -0.05) is 18.2 Å². The van der Waals surface area contributed by atoms with Crippen LogP contribution in [0.15, 0.2) is 42.5 Å². The van der Waals surface area contributed by atoms with Crippen LogP contribution in [-0.4, -0.2) is 16.1 Å². The fourth-order valence-corrected chi connectivity index (χ4v) is 1.81. The van der Waals surface area contributed by atoms with Crippen LogP contribution in [0.2, 0.25) is 0 Å². The zero-order chi connectivity index (χ0) is 13.8.